The molecule has 0 aliphatic heterocycles. The first-order valence-corrected chi connectivity index (χ1v) is 16.4. The molecule has 0 N–H and O–H groups in total. The summed E-state index contributed by atoms with van der Waals surface area (Å²) in [6.45, 7) is 0. The maximum Gasteiger partial charge on any atom is 0.145 e. The Labute approximate surface area is 291 Å². The number of fused-ring (bicyclic) bond motifs is 6. The molecule has 9 aromatic carbocycles. The summed E-state index contributed by atoms with van der Waals surface area (Å²) in [5.41, 5.74) is 6.57. The molecule has 10 rings (SSSR count). The van der Waals surface area contributed by atoms with Gasteiger partial charge in [-0.2, -0.15) is 0 Å². The normalized spacial score (nSPS) is 13.1. The minimum atomic E-state index is -0.430. The van der Waals surface area contributed by atoms with E-state index in [0.717, 1.165) is 38.2 Å². The van der Waals surface area contributed by atoms with Gasteiger partial charge in [-0.3, -0.25) is 4.57 Å². The quantitative estimate of drug-likeness (QED) is 0.140. The minimum absolute atomic E-state index is 0.0676. The highest BCUT2D eigenvalue weighted by atomic mass is 15.1. The zero-order valence-electron chi connectivity index (χ0n) is 31.3. The van der Waals surface area contributed by atoms with Gasteiger partial charge in [0, 0.05) is 11.3 Å². The predicted octanol–water partition coefficient (Wildman–Crippen LogP) is 12.6. The minimum Gasteiger partial charge on any atom is -0.292 e. The Morgan fingerprint density at radius 1 is 0.449 bits per heavy atom. The second-order valence-corrected chi connectivity index (χ2v) is 12.3. The molecule has 0 radical (unpaired) electrons. The van der Waals surface area contributed by atoms with E-state index >= 15 is 0 Å². The van der Waals surface area contributed by atoms with Gasteiger partial charge >= 0.3 is 0 Å². The average Bonchev–Trinajstić information content (AvgIpc) is 3.60. The van der Waals surface area contributed by atoms with Crippen LogP contribution in [0.1, 0.15) is 6.85 Å². The Morgan fingerprint density at radius 2 is 1.02 bits per heavy atom. The number of rotatable bonds is 4. The lowest BCUT2D eigenvalue weighted by Crippen LogP contribution is -1.97. The fourth-order valence-electron chi connectivity index (χ4n) is 7.61. The van der Waals surface area contributed by atoms with Crippen LogP contribution in [0.25, 0.3) is 93.5 Å². The molecular weight excluding hydrogens is 593 g/mol. The van der Waals surface area contributed by atoms with E-state index in [9.17, 15) is 0 Å². The van der Waals surface area contributed by atoms with Crippen molar-refractivity contribution in [2.45, 2.75) is 0 Å². The number of hydrogen-bond acceptors (Lipinski definition) is 1. The third-order valence-electron chi connectivity index (χ3n) is 9.65. The molecule has 0 saturated carbocycles. The van der Waals surface area contributed by atoms with Crippen LogP contribution in [0.4, 0.5) is 0 Å². The van der Waals surface area contributed by atoms with Gasteiger partial charge in [0.15, 0.2) is 0 Å². The highest BCUT2D eigenvalue weighted by Crippen LogP contribution is 2.47. The van der Waals surface area contributed by atoms with Crippen LogP contribution < -0.4 is 0 Å². The van der Waals surface area contributed by atoms with E-state index in [0.29, 0.717) is 16.9 Å². The summed E-state index contributed by atoms with van der Waals surface area (Å²) in [6, 6.07) is 50.7. The fourth-order valence-corrected chi connectivity index (χ4v) is 7.61. The van der Waals surface area contributed by atoms with Crippen molar-refractivity contribution in [3.8, 4) is 39.3 Å². The summed E-state index contributed by atoms with van der Waals surface area (Å²) < 4.78 is 44.6. The molecule has 0 atom stereocenters. The second kappa shape index (κ2) is 11.0. The maximum absolute atomic E-state index is 8.87. The smallest absolute Gasteiger partial charge is 0.145 e. The van der Waals surface area contributed by atoms with Crippen LogP contribution in [0.3, 0.4) is 0 Å². The van der Waals surface area contributed by atoms with Crippen LogP contribution in [0.5, 0.6) is 0 Å². The average molecular weight is 628 g/mol. The SMILES string of the molecule is [2H]c1c([2H])c([2H])c(-n2c(-c3cccc(-c4c5ccccc5c(-c5cc6ccccc6c6ccccc56)c5ccccc45)c3)nc3ccccc32)c([2H])c1[2H]. The Kier molecular flexibility index (Phi) is 5.16. The molecule has 0 fully saturated rings. The van der Waals surface area contributed by atoms with Crippen LogP contribution in [0, 0.1) is 0 Å². The zero-order valence-corrected chi connectivity index (χ0v) is 26.3. The van der Waals surface area contributed by atoms with Gasteiger partial charge in [-0.15, -0.1) is 0 Å². The third kappa shape index (κ3) is 4.31. The van der Waals surface area contributed by atoms with Crippen LogP contribution in [-0.4, -0.2) is 9.55 Å². The van der Waals surface area contributed by atoms with Crippen LogP contribution >= 0.6 is 0 Å². The molecule has 1 aromatic heterocycles. The van der Waals surface area contributed by atoms with E-state index in [1.165, 1.54) is 32.7 Å². The molecule has 10 aromatic rings. The van der Waals surface area contributed by atoms with Gasteiger partial charge in [-0.25, -0.2) is 4.98 Å². The van der Waals surface area contributed by atoms with Crippen molar-refractivity contribution in [2.24, 2.45) is 0 Å². The summed E-state index contributed by atoms with van der Waals surface area (Å²) in [6.07, 6.45) is 0. The summed E-state index contributed by atoms with van der Waals surface area (Å²) in [5.74, 6) is 0.490. The lowest BCUT2D eigenvalue weighted by atomic mass is 9.83. The van der Waals surface area contributed by atoms with E-state index in [2.05, 4.69) is 115 Å². The molecule has 0 bridgehead atoms. The number of para-hydroxylation sites is 3. The number of benzene rings is 9. The molecule has 2 heteroatoms. The summed E-state index contributed by atoms with van der Waals surface area (Å²) in [7, 11) is 0. The molecule has 0 amide bonds. The largest absolute Gasteiger partial charge is 0.292 e. The van der Waals surface area contributed by atoms with Crippen molar-refractivity contribution in [1.82, 2.24) is 9.55 Å². The van der Waals surface area contributed by atoms with E-state index in [4.69, 9.17) is 11.8 Å². The number of hydrogen-bond donors (Lipinski definition) is 0. The molecule has 2 nitrogen and oxygen atoms in total. The fraction of sp³-hybridized carbons (Fsp3) is 0. The molecule has 0 spiro atoms. The van der Waals surface area contributed by atoms with Crippen molar-refractivity contribution >= 4 is 54.1 Å². The van der Waals surface area contributed by atoms with Crippen molar-refractivity contribution in [2.75, 3.05) is 0 Å². The lowest BCUT2D eigenvalue weighted by Gasteiger charge is -2.20. The lowest BCUT2D eigenvalue weighted by molar-refractivity contribution is 1.10. The monoisotopic (exact) mass is 627 g/mol. The second-order valence-electron chi connectivity index (χ2n) is 12.3. The first-order chi connectivity index (χ1) is 26.4. The van der Waals surface area contributed by atoms with Gasteiger partial charge in [0.05, 0.1) is 17.9 Å². The molecule has 1 heterocycles. The van der Waals surface area contributed by atoms with Gasteiger partial charge in [-0.05, 0) is 102 Å². The third-order valence-corrected chi connectivity index (χ3v) is 9.65. The predicted molar refractivity (Wildman–Crippen MR) is 207 cm³/mol. The Bertz CT molecular complexity index is 3100. The van der Waals surface area contributed by atoms with E-state index in [1.807, 2.05) is 36.4 Å². The topological polar surface area (TPSA) is 17.8 Å². The van der Waals surface area contributed by atoms with Crippen LogP contribution in [-0.2, 0) is 0 Å². The highest BCUT2D eigenvalue weighted by molar-refractivity contribution is 6.25. The first kappa shape index (κ1) is 22.9. The Balaban J connectivity index is 1.26. The summed E-state index contributed by atoms with van der Waals surface area (Å²) in [4.78, 5) is 5.02. The van der Waals surface area contributed by atoms with Crippen molar-refractivity contribution in [3.05, 3.63) is 182 Å². The molecule has 0 unspecified atom stereocenters. The van der Waals surface area contributed by atoms with Gasteiger partial charge in [-0.1, -0.05) is 146 Å². The molecule has 228 valence electrons. The first-order valence-electron chi connectivity index (χ1n) is 18.9. The Hall–Kier alpha value is -6.51. The molecular formula is C47H30N2. The molecule has 0 saturated heterocycles. The highest BCUT2D eigenvalue weighted by Gasteiger charge is 2.20. The molecule has 49 heavy (non-hydrogen) atoms. The summed E-state index contributed by atoms with van der Waals surface area (Å²) >= 11 is 0. The van der Waals surface area contributed by atoms with Gasteiger partial charge < -0.3 is 0 Å². The van der Waals surface area contributed by atoms with E-state index < -0.39 is 6.04 Å². The van der Waals surface area contributed by atoms with Gasteiger partial charge in [0.2, 0.25) is 0 Å². The van der Waals surface area contributed by atoms with Crippen molar-refractivity contribution in [3.63, 3.8) is 0 Å². The number of aromatic nitrogens is 2. The number of nitrogens with zero attached hydrogens (tertiary/aromatic N) is 2. The van der Waals surface area contributed by atoms with Gasteiger partial charge in [0.25, 0.3) is 0 Å². The van der Waals surface area contributed by atoms with Crippen LogP contribution in [0.15, 0.2) is 182 Å². The summed E-state index contributed by atoms with van der Waals surface area (Å²) in [5, 5.41) is 9.35. The van der Waals surface area contributed by atoms with Crippen LogP contribution in [0.2, 0.25) is 0 Å². The van der Waals surface area contributed by atoms with E-state index in [1.54, 1.807) is 4.57 Å². The van der Waals surface area contributed by atoms with Crippen molar-refractivity contribution < 1.29 is 6.85 Å². The Morgan fingerprint density at radius 3 is 1.76 bits per heavy atom. The molecule has 0 aliphatic rings. The van der Waals surface area contributed by atoms with Gasteiger partial charge in [0.1, 0.15) is 5.82 Å². The zero-order chi connectivity index (χ0) is 36.7. The number of imidazole rings is 1. The molecule has 0 aliphatic carbocycles. The van der Waals surface area contributed by atoms with E-state index in [-0.39, 0.29) is 29.9 Å². The maximum atomic E-state index is 8.87. The standard InChI is InChI=1S/C47H30N2/c1-2-18-34(19-3-1)49-44-28-13-12-27-43(44)48-47(49)33-17-14-16-32(29-33)45-38-23-8-10-25-40(38)46(41-26-11-9-24-39(41)45)42-30-31-15-4-5-20-35(31)36-21-6-7-22-37(36)42/h1-30H/i1D,2D,3D,18D,19D. The van der Waals surface area contributed by atoms with Crippen molar-refractivity contribution in [1.29, 1.82) is 0 Å².